The second kappa shape index (κ2) is 7.80. The van der Waals surface area contributed by atoms with Gasteiger partial charge in [-0.05, 0) is 42.7 Å². The van der Waals surface area contributed by atoms with Crippen molar-refractivity contribution in [2.45, 2.75) is 29.9 Å². The highest BCUT2D eigenvalue weighted by atomic mass is 32.2. The van der Waals surface area contributed by atoms with Crippen LogP contribution in [-0.2, 0) is 15.6 Å². The second-order valence-corrected chi connectivity index (χ2v) is 8.25. The van der Waals surface area contributed by atoms with Crippen molar-refractivity contribution in [1.29, 1.82) is 0 Å². The molecular formula is C19H22N2O3S. The van der Waals surface area contributed by atoms with Crippen molar-refractivity contribution in [2.24, 2.45) is 0 Å². The molecule has 0 unspecified atom stereocenters. The van der Waals surface area contributed by atoms with E-state index in [9.17, 15) is 13.2 Å². The lowest BCUT2D eigenvalue weighted by Gasteiger charge is -2.26. The normalized spacial score (nSPS) is 15.7. The van der Waals surface area contributed by atoms with Gasteiger partial charge in [-0.15, -0.1) is 0 Å². The Balaban J connectivity index is 1.72. The maximum atomic E-state index is 12.5. The van der Waals surface area contributed by atoms with E-state index in [1.165, 1.54) is 6.42 Å². The predicted molar refractivity (Wildman–Crippen MR) is 96.7 cm³/mol. The largest absolute Gasteiger partial charge is 0.285 e. The molecule has 5 nitrogen and oxygen atoms in total. The van der Waals surface area contributed by atoms with Crippen molar-refractivity contribution < 1.29 is 13.2 Å². The first kappa shape index (κ1) is 17.6. The summed E-state index contributed by atoms with van der Waals surface area (Å²) in [6.07, 6.45) is 3.35. The molecule has 25 heavy (non-hydrogen) atoms. The summed E-state index contributed by atoms with van der Waals surface area (Å²) >= 11 is 0. The Morgan fingerprint density at radius 1 is 0.960 bits per heavy atom. The van der Waals surface area contributed by atoms with E-state index in [1.54, 1.807) is 54.6 Å². The minimum Gasteiger partial charge on any atom is -0.285 e. The second-order valence-electron chi connectivity index (χ2n) is 6.26. The molecular weight excluding hydrogens is 336 g/mol. The smallest absolute Gasteiger partial charge is 0.265 e. The molecule has 1 fully saturated rings. The highest BCUT2D eigenvalue weighted by molar-refractivity contribution is 7.90. The number of carbonyl (C=O) groups is 1. The SMILES string of the molecule is O=C(NN1CCCCC1)c1cccc(CS(=O)(=O)c2ccccc2)c1. The molecule has 132 valence electrons. The molecule has 2 aromatic rings. The van der Waals surface area contributed by atoms with Crippen LogP contribution >= 0.6 is 0 Å². The third-order valence-corrected chi connectivity index (χ3v) is 5.97. The number of sulfone groups is 1. The van der Waals surface area contributed by atoms with Crippen LogP contribution < -0.4 is 5.43 Å². The van der Waals surface area contributed by atoms with Gasteiger partial charge >= 0.3 is 0 Å². The Morgan fingerprint density at radius 2 is 1.68 bits per heavy atom. The molecule has 1 saturated heterocycles. The quantitative estimate of drug-likeness (QED) is 0.892. The molecule has 1 aliphatic rings. The van der Waals surface area contributed by atoms with Gasteiger partial charge in [-0.3, -0.25) is 10.2 Å². The van der Waals surface area contributed by atoms with Crippen LogP contribution in [0.25, 0.3) is 0 Å². The summed E-state index contributed by atoms with van der Waals surface area (Å²) in [5.41, 5.74) is 3.99. The summed E-state index contributed by atoms with van der Waals surface area (Å²) in [7, 11) is -3.43. The Bertz CT molecular complexity index is 829. The number of rotatable bonds is 5. The summed E-state index contributed by atoms with van der Waals surface area (Å²) in [6, 6.07) is 15.2. The van der Waals surface area contributed by atoms with Crippen molar-refractivity contribution in [2.75, 3.05) is 13.1 Å². The zero-order valence-corrected chi connectivity index (χ0v) is 14.8. The van der Waals surface area contributed by atoms with Crippen LogP contribution in [0, 0.1) is 0 Å². The molecule has 1 amide bonds. The number of piperidine rings is 1. The summed E-state index contributed by atoms with van der Waals surface area (Å²) in [4.78, 5) is 12.7. The van der Waals surface area contributed by atoms with Gasteiger partial charge in [-0.2, -0.15) is 0 Å². The van der Waals surface area contributed by atoms with Gasteiger partial charge in [-0.1, -0.05) is 36.8 Å². The number of hydrogen-bond donors (Lipinski definition) is 1. The fourth-order valence-electron chi connectivity index (χ4n) is 2.95. The number of nitrogens with zero attached hydrogens (tertiary/aromatic N) is 1. The third kappa shape index (κ3) is 4.67. The first-order valence-corrected chi connectivity index (χ1v) is 10.1. The maximum absolute atomic E-state index is 12.5. The number of hydrogen-bond acceptors (Lipinski definition) is 4. The van der Waals surface area contributed by atoms with Crippen molar-refractivity contribution in [3.05, 3.63) is 65.7 Å². The summed E-state index contributed by atoms with van der Waals surface area (Å²) in [6.45, 7) is 1.71. The number of benzene rings is 2. The van der Waals surface area contributed by atoms with E-state index in [0.29, 0.717) is 11.1 Å². The van der Waals surface area contributed by atoms with E-state index < -0.39 is 9.84 Å². The van der Waals surface area contributed by atoms with Crippen molar-refractivity contribution in [3.63, 3.8) is 0 Å². The first-order valence-electron chi connectivity index (χ1n) is 8.47. The van der Waals surface area contributed by atoms with E-state index in [-0.39, 0.29) is 16.6 Å². The van der Waals surface area contributed by atoms with Crippen molar-refractivity contribution in [1.82, 2.24) is 10.4 Å². The average molecular weight is 358 g/mol. The van der Waals surface area contributed by atoms with Crippen molar-refractivity contribution >= 4 is 15.7 Å². The van der Waals surface area contributed by atoms with E-state index in [1.807, 2.05) is 5.01 Å². The highest BCUT2D eigenvalue weighted by Crippen LogP contribution is 2.17. The van der Waals surface area contributed by atoms with Crippen LogP contribution in [-0.4, -0.2) is 32.4 Å². The molecule has 0 aromatic heterocycles. The van der Waals surface area contributed by atoms with Crippen LogP contribution in [0.4, 0.5) is 0 Å². The van der Waals surface area contributed by atoms with E-state index in [4.69, 9.17) is 0 Å². The molecule has 1 N–H and O–H groups in total. The standard InChI is InChI=1S/C19H22N2O3S/c22-19(20-21-12-5-2-6-13-21)17-9-7-8-16(14-17)15-25(23,24)18-10-3-1-4-11-18/h1,3-4,7-11,14H,2,5-6,12-13,15H2,(H,20,22). The molecule has 0 aliphatic carbocycles. The van der Waals surface area contributed by atoms with E-state index in [0.717, 1.165) is 25.9 Å². The first-order chi connectivity index (χ1) is 12.0. The Morgan fingerprint density at radius 3 is 2.40 bits per heavy atom. The maximum Gasteiger partial charge on any atom is 0.265 e. The number of nitrogens with one attached hydrogen (secondary N) is 1. The van der Waals surface area contributed by atoms with Gasteiger partial charge in [0.1, 0.15) is 0 Å². The lowest BCUT2D eigenvalue weighted by Crippen LogP contribution is -2.45. The summed E-state index contributed by atoms with van der Waals surface area (Å²) in [5.74, 6) is -0.317. The van der Waals surface area contributed by atoms with Gasteiger partial charge in [0.15, 0.2) is 9.84 Å². The number of hydrazine groups is 1. The van der Waals surface area contributed by atoms with Crippen LogP contribution in [0.5, 0.6) is 0 Å². The molecule has 0 radical (unpaired) electrons. The molecule has 0 atom stereocenters. The molecule has 1 heterocycles. The van der Waals surface area contributed by atoms with Gasteiger partial charge in [-0.25, -0.2) is 13.4 Å². The monoisotopic (exact) mass is 358 g/mol. The Kier molecular flexibility index (Phi) is 5.50. The topological polar surface area (TPSA) is 66.5 Å². The molecule has 3 rings (SSSR count). The van der Waals surface area contributed by atoms with Gasteiger partial charge in [0, 0.05) is 18.7 Å². The molecule has 0 spiro atoms. The molecule has 0 bridgehead atoms. The van der Waals surface area contributed by atoms with Crippen LogP contribution in [0.3, 0.4) is 0 Å². The third-order valence-electron chi connectivity index (χ3n) is 4.26. The van der Waals surface area contributed by atoms with E-state index in [2.05, 4.69) is 5.43 Å². The average Bonchev–Trinajstić information content (AvgIpc) is 2.63. The molecule has 0 saturated carbocycles. The molecule has 1 aliphatic heterocycles. The fourth-order valence-corrected chi connectivity index (χ4v) is 4.30. The van der Waals surface area contributed by atoms with Gasteiger partial charge in [0.05, 0.1) is 10.6 Å². The van der Waals surface area contributed by atoms with E-state index >= 15 is 0 Å². The summed E-state index contributed by atoms with van der Waals surface area (Å²) in [5, 5.41) is 1.93. The minimum atomic E-state index is -3.43. The lowest BCUT2D eigenvalue weighted by atomic mass is 10.1. The van der Waals surface area contributed by atoms with Gasteiger partial charge < -0.3 is 0 Å². The number of amides is 1. The summed E-state index contributed by atoms with van der Waals surface area (Å²) < 4.78 is 25.0. The lowest BCUT2D eigenvalue weighted by molar-refractivity contribution is 0.0750. The highest BCUT2D eigenvalue weighted by Gasteiger charge is 2.17. The number of carbonyl (C=O) groups excluding carboxylic acids is 1. The molecule has 6 heteroatoms. The Labute approximate surface area is 148 Å². The predicted octanol–water partition coefficient (Wildman–Crippen LogP) is 2.79. The van der Waals surface area contributed by atoms with Gasteiger partial charge in [0.25, 0.3) is 5.91 Å². The van der Waals surface area contributed by atoms with Crippen LogP contribution in [0.15, 0.2) is 59.5 Å². The zero-order valence-electron chi connectivity index (χ0n) is 14.0. The van der Waals surface area contributed by atoms with Crippen LogP contribution in [0.1, 0.15) is 35.2 Å². The Hall–Kier alpha value is -2.18. The van der Waals surface area contributed by atoms with Gasteiger partial charge in [0.2, 0.25) is 0 Å². The minimum absolute atomic E-state index is 0.123. The van der Waals surface area contributed by atoms with Crippen molar-refractivity contribution in [3.8, 4) is 0 Å². The van der Waals surface area contributed by atoms with Crippen LogP contribution in [0.2, 0.25) is 0 Å². The zero-order chi connectivity index (χ0) is 17.7. The molecule has 2 aromatic carbocycles. The fraction of sp³-hybridized carbons (Fsp3) is 0.316.